The fraction of sp³-hybridized carbons (Fsp3) is 0.409. The molecule has 0 aromatic heterocycles. The highest BCUT2D eigenvalue weighted by atomic mass is 16.5. The zero-order chi connectivity index (χ0) is 37.4. The molecule has 0 radical (unpaired) electrons. The third-order valence-corrected chi connectivity index (χ3v) is 9.01. The van der Waals surface area contributed by atoms with Crippen molar-refractivity contribution in [1.82, 2.24) is 0 Å². The first-order chi connectivity index (χ1) is 23.6. The molecular weight excluding hydrogens is 624 g/mol. The monoisotopic (exact) mass is 680 g/mol. The molecule has 268 valence electrons. The summed E-state index contributed by atoms with van der Waals surface area (Å²) < 4.78 is 10.8. The van der Waals surface area contributed by atoms with Crippen LogP contribution in [0.4, 0.5) is 0 Å². The lowest BCUT2D eigenvalue weighted by molar-refractivity contribution is -0.155. The number of ketones is 2. The second-order valence-corrected chi connectivity index (χ2v) is 13.9. The van der Waals surface area contributed by atoms with Crippen LogP contribution in [-0.4, -0.2) is 43.1 Å². The lowest BCUT2D eigenvalue weighted by Gasteiger charge is -2.36. The molecule has 0 amide bonds. The number of ether oxygens (including phenoxy) is 2. The van der Waals surface area contributed by atoms with Gasteiger partial charge in [-0.05, 0) is 88.0 Å². The van der Waals surface area contributed by atoms with Crippen LogP contribution >= 0.6 is 0 Å². The maximum absolute atomic E-state index is 12.8. The number of hydrogen-bond acceptors (Lipinski definition) is 6. The molecule has 3 atom stereocenters. The van der Waals surface area contributed by atoms with Crippen LogP contribution in [-0.2, 0) is 28.7 Å². The Hall–Kier alpha value is -4.42. The van der Waals surface area contributed by atoms with Crippen molar-refractivity contribution in [2.75, 3.05) is 7.11 Å². The lowest BCUT2D eigenvalue weighted by atomic mass is 9.71. The van der Waals surface area contributed by atoms with Gasteiger partial charge in [0, 0.05) is 13.5 Å². The maximum atomic E-state index is 12.8. The van der Waals surface area contributed by atoms with Crippen LogP contribution in [0.2, 0.25) is 0 Å². The van der Waals surface area contributed by atoms with Gasteiger partial charge in [0.25, 0.3) is 0 Å². The number of hydrogen-bond donors (Lipinski definition) is 0. The van der Waals surface area contributed by atoms with Crippen molar-refractivity contribution in [1.29, 1.82) is 0 Å². The van der Waals surface area contributed by atoms with Crippen LogP contribution in [0.1, 0.15) is 88.0 Å². The molecule has 0 saturated heterocycles. The Morgan fingerprint density at radius 1 is 0.760 bits per heavy atom. The molecule has 0 aliphatic heterocycles. The lowest BCUT2D eigenvalue weighted by Crippen LogP contribution is -2.37. The average molecular weight is 681 g/mol. The van der Waals surface area contributed by atoms with Gasteiger partial charge in [-0.25, -0.2) is 0 Å². The molecule has 2 rings (SSSR count). The fourth-order valence-electron chi connectivity index (χ4n) is 5.96. The van der Waals surface area contributed by atoms with E-state index in [4.69, 9.17) is 9.47 Å². The molecule has 6 heteroatoms. The van der Waals surface area contributed by atoms with E-state index in [1.807, 2.05) is 82.4 Å². The number of Topliss-reactive ketones (excluding diaryl/α,β-unsaturated/α-hetero) is 2. The summed E-state index contributed by atoms with van der Waals surface area (Å²) in [5, 5.41) is 0. The Morgan fingerprint density at radius 2 is 1.26 bits per heavy atom. The summed E-state index contributed by atoms with van der Waals surface area (Å²) in [6.45, 7) is 18.2. The van der Waals surface area contributed by atoms with Crippen LogP contribution in [0.25, 0.3) is 0 Å². The molecule has 6 nitrogen and oxygen atoms in total. The predicted molar refractivity (Wildman–Crippen MR) is 204 cm³/mol. The number of carbonyl (C=O) groups is 4. The molecule has 0 aromatic rings. The van der Waals surface area contributed by atoms with E-state index in [9.17, 15) is 19.2 Å². The van der Waals surface area contributed by atoms with Gasteiger partial charge >= 0.3 is 5.97 Å². The van der Waals surface area contributed by atoms with Gasteiger partial charge in [-0.2, -0.15) is 0 Å². The zero-order valence-electron chi connectivity index (χ0n) is 31.7. The molecule has 0 heterocycles. The second kappa shape index (κ2) is 20.3. The highest BCUT2D eigenvalue weighted by Crippen LogP contribution is 2.40. The van der Waals surface area contributed by atoms with Crippen molar-refractivity contribution < 1.29 is 28.7 Å². The van der Waals surface area contributed by atoms with Crippen molar-refractivity contribution in [3.63, 3.8) is 0 Å². The smallest absolute Gasteiger partial charge is 0.306 e. The van der Waals surface area contributed by atoms with E-state index in [2.05, 4.69) is 58.1 Å². The summed E-state index contributed by atoms with van der Waals surface area (Å²) in [5.41, 5.74) is 7.63. The topological polar surface area (TPSA) is 86.7 Å². The Morgan fingerprint density at radius 3 is 1.80 bits per heavy atom. The van der Waals surface area contributed by atoms with Crippen molar-refractivity contribution >= 4 is 23.8 Å². The standard InChI is InChI=1S/C44H56O6/c1-30(18-13-20-32(3)23-25-37-34(5)28-39(42(47)35(37)6)50-41(46)22-15-27-45)16-11-12-17-31(2)19-14-21-33(4)24-26-38-36(7)43(48)40(49-10)29-44(38,8)9/h11-14,16-21,23-27,34,39-40H,15,22,28-29H2,1-10H3/b12-11+,18-13+,19-14+,25-23+,26-24+,30-16+,31-17+,32-20+,33-21+. The molecule has 50 heavy (non-hydrogen) atoms. The Bertz CT molecular complexity index is 1620. The molecule has 0 fully saturated rings. The van der Waals surface area contributed by atoms with Gasteiger partial charge in [0.05, 0.1) is 6.42 Å². The Balaban J connectivity index is 1.94. The second-order valence-electron chi connectivity index (χ2n) is 13.9. The summed E-state index contributed by atoms with van der Waals surface area (Å²) in [6, 6.07) is 0. The third kappa shape index (κ3) is 13.1. The summed E-state index contributed by atoms with van der Waals surface area (Å²) in [6.07, 6.45) is 29.2. The predicted octanol–water partition coefficient (Wildman–Crippen LogP) is 9.70. The number of esters is 1. The summed E-state index contributed by atoms with van der Waals surface area (Å²) in [4.78, 5) is 47.8. The molecule has 3 unspecified atom stereocenters. The zero-order valence-corrected chi connectivity index (χ0v) is 31.7. The Kier molecular flexibility index (Phi) is 17.0. The highest BCUT2D eigenvalue weighted by molar-refractivity contribution is 6.01. The summed E-state index contributed by atoms with van der Waals surface area (Å²) in [7, 11) is 1.60. The summed E-state index contributed by atoms with van der Waals surface area (Å²) in [5.74, 6) is -0.560. The maximum Gasteiger partial charge on any atom is 0.306 e. The first kappa shape index (κ1) is 41.7. The van der Waals surface area contributed by atoms with Gasteiger partial charge < -0.3 is 14.3 Å². The quantitative estimate of drug-likeness (QED) is 0.0973. The molecule has 0 spiro atoms. The molecule has 2 aliphatic carbocycles. The van der Waals surface area contributed by atoms with Crippen LogP contribution < -0.4 is 0 Å². The van der Waals surface area contributed by atoms with Crippen LogP contribution in [0.3, 0.4) is 0 Å². The molecule has 0 N–H and O–H groups in total. The van der Waals surface area contributed by atoms with Crippen LogP contribution in [0.5, 0.6) is 0 Å². The fourth-order valence-corrected chi connectivity index (χ4v) is 5.96. The van der Waals surface area contributed by atoms with Gasteiger partial charge in [-0.1, -0.05) is 128 Å². The molecule has 0 aromatic carbocycles. The number of rotatable bonds is 15. The van der Waals surface area contributed by atoms with Crippen molar-refractivity contribution in [2.45, 2.75) is 100 Å². The normalized spacial score (nSPS) is 23.2. The van der Waals surface area contributed by atoms with Crippen molar-refractivity contribution in [2.24, 2.45) is 11.3 Å². The number of methoxy groups -OCH3 is 1. The van der Waals surface area contributed by atoms with Gasteiger partial charge in [-0.15, -0.1) is 0 Å². The number of aldehydes is 1. The van der Waals surface area contributed by atoms with E-state index < -0.39 is 12.1 Å². The highest BCUT2D eigenvalue weighted by Gasteiger charge is 2.38. The third-order valence-electron chi connectivity index (χ3n) is 9.01. The number of carbonyl (C=O) groups excluding carboxylic acids is 4. The van der Waals surface area contributed by atoms with Gasteiger partial charge in [0.1, 0.15) is 12.4 Å². The summed E-state index contributed by atoms with van der Waals surface area (Å²) >= 11 is 0. The van der Waals surface area contributed by atoms with E-state index in [0.29, 0.717) is 24.7 Å². The largest absolute Gasteiger partial charge is 0.454 e. The minimum Gasteiger partial charge on any atom is -0.454 e. The van der Waals surface area contributed by atoms with E-state index in [-0.39, 0.29) is 41.8 Å². The number of allylic oxidation sites excluding steroid dienone is 20. The molecular formula is C44H56O6. The first-order valence-electron chi connectivity index (χ1n) is 17.4. The molecule has 0 bridgehead atoms. The van der Waals surface area contributed by atoms with E-state index in [1.165, 1.54) is 0 Å². The van der Waals surface area contributed by atoms with Crippen molar-refractivity contribution in [3.05, 3.63) is 130 Å². The Labute approximate surface area is 300 Å². The molecule has 2 aliphatic rings. The van der Waals surface area contributed by atoms with E-state index in [1.54, 1.807) is 14.0 Å². The van der Waals surface area contributed by atoms with E-state index in [0.717, 1.165) is 39.0 Å². The van der Waals surface area contributed by atoms with Crippen molar-refractivity contribution in [3.8, 4) is 0 Å². The first-order valence-corrected chi connectivity index (χ1v) is 17.4. The van der Waals surface area contributed by atoms with Gasteiger partial charge in [0.2, 0.25) is 0 Å². The van der Waals surface area contributed by atoms with Crippen LogP contribution in [0, 0.1) is 11.3 Å². The van der Waals surface area contributed by atoms with Gasteiger partial charge in [0.15, 0.2) is 17.7 Å². The van der Waals surface area contributed by atoms with Crippen LogP contribution in [0.15, 0.2) is 130 Å². The van der Waals surface area contributed by atoms with Gasteiger partial charge in [-0.3, -0.25) is 14.4 Å². The minimum atomic E-state index is -0.789. The van der Waals surface area contributed by atoms with E-state index >= 15 is 0 Å². The minimum absolute atomic E-state index is 0.00733. The molecule has 0 saturated carbocycles. The SMILES string of the molecule is COC1CC(C)(C)C(/C=C/C(C)=C/C=C/C(C)=C/C=C/C=C(C)/C=C/C=C(C)/C=C/C2=C(C)C(=O)C(OC(=O)CCC=O)CC2C)=C(C)C1=O. The average Bonchev–Trinajstić information content (AvgIpc) is 3.05.